The number of aromatic amines is 1. The smallest absolute Gasteiger partial charge is 0.326 e. The number of aliphatic carboxylic acids is 2. The van der Waals surface area contributed by atoms with Crippen LogP contribution in [0.2, 0.25) is 0 Å². The van der Waals surface area contributed by atoms with E-state index in [-0.39, 0.29) is 25.0 Å². The van der Waals surface area contributed by atoms with Crippen LogP contribution in [0.3, 0.4) is 0 Å². The third-order valence-electron chi connectivity index (χ3n) is 5.57. The molecule has 1 aromatic carbocycles. The molecule has 0 fully saturated rings. The number of nitrogens with two attached hydrogens (primary N) is 2. The topological polar surface area (TPSA) is 247 Å². The Morgan fingerprint density at radius 3 is 2.13 bits per heavy atom. The summed E-state index contributed by atoms with van der Waals surface area (Å²) < 4.78 is 0. The summed E-state index contributed by atoms with van der Waals surface area (Å²) in [5.41, 5.74) is 12.2. The lowest BCUT2D eigenvalue weighted by Gasteiger charge is -2.24. The number of fused-ring (bicyclic) bond motifs is 1. The molecule has 0 bridgehead atoms. The summed E-state index contributed by atoms with van der Waals surface area (Å²) in [6, 6.07) is 1.63. The largest absolute Gasteiger partial charge is 0.481 e. The molecule has 14 nitrogen and oxygen atoms in total. The highest BCUT2D eigenvalue weighted by molar-refractivity contribution is 7.80. The third kappa shape index (κ3) is 8.77. The van der Waals surface area contributed by atoms with Crippen LogP contribution >= 0.6 is 12.6 Å². The van der Waals surface area contributed by atoms with Crippen molar-refractivity contribution >= 4 is 59.1 Å². The van der Waals surface area contributed by atoms with Gasteiger partial charge in [-0.3, -0.25) is 24.0 Å². The highest BCUT2D eigenvalue weighted by atomic mass is 32.1. The second kappa shape index (κ2) is 14.0. The van der Waals surface area contributed by atoms with Crippen LogP contribution in [-0.4, -0.2) is 80.7 Å². The zero-order valence-electron chi connectivity index (χ0n) is 20.2. The minimum Gasteiger partial charge on any atom is -0.481 e. The van der Waals surface area contributed by atoms with Crippen molar-refractivity contribution in [2.75, 3.05) is 5.75 Å². The number of carboxylic acid groups (broad SMARTS) is 2. The number of para-hydroxylation sites is 1. The number of hydrogen-bond donors (Lipinski definition) is 9. The number of nitrogens with one attached hydrogen (secondary N) is 4. The summed E-state index contributed by atoms with van der Waals surface area (Å²) in [7, 11) is 0. The van der Waals surface area contributed by atoms with Gasteiger partial charge in [0.1, 0.15) is 18.1 Å². The number of carboxylic acids is 2. The molecule has 2 rings (SSSR count). The number of carbonyl (C=O) groups excluding carboxylic acids is 4. The van der Waals surface area contributed by atoms with Gasteiger partial charge in [-0.25, -0.2) is 4.79 Å². The van der Waals surface area contributed by atoms with Crippen molar-refractivity contribution in [3.05, 3.63) is 36.0 Å². The molecule has 0 aliphatic carbocycles. The molecule has 2 aromatic rings. The van der Waals surface area contributed by atoms with E-state index in [1.54, 1.807) is 18.3 Å². The van der Waals surface area contributed by atoms with E-state index in [1.165, 1.54) is 0 Å². The molecule has 0 saturated carbocycles. The van der Waals surface area contributed by atoms with Crippen molar-refractivity contribution in [3.8, 4) is 0 Å². The Morgan fingerprint density at radius 2 is 1.53 bits per heavy atom. The number of primary amides is 1. The van der Waals surface area contributed by atoms with Crippen molar-refractivity contribution in [1.29, 1.82) is 0 Å². The number of rotatable bonds is 15. The average molecular weight is 551 g/mol. The van der Waals surface area contributed by atoms with Crippen LogP contribution < -0.4 is 27.4 Å². The van der Waals surface area contributed by atoms with Gasteiger partial charge in [0.15, 0.2) is 0 Å². The maximum absolute atomic E-state index is 13.2. The highest BCUT2D eigenvalue weighted by Crippen LogP contribution is 2.19. The predicted molar refractivity (Wildman–Crippen MR) is 138 cm³/mol. The zero-order valence-corrected chi connectivity index (χ0v) is 21.1. The van der Waals surface area contributed by atoms with Crippen molar-refractivity contribution < 1.29 is 39.0 Å². The Hall–Kier alpha value is -4.11. The van der Waals surface area contributed by atoms with E-state index >= 15 is 0 Å². The number of carbonyl (C=O) groups is 6. The predicted octanol–water partition coefficient (Wildman–Crippen LogP) is -1.75. The maximum atomic E-state index is 13.2. The highest BCUT2D eigenvalue weighted by Gasteiger charge is 2.32. The van der Waals surface area contributed by atoms with Gasteiger partial charge in [-0.1, -0.05) is 18.2 Å². The average Bonchev–Trinajstić information content (AvgIpc) is 3.27. The number of H-pyrrole nitrogens is 1. The molecule has 4 amide bonds. The molecule has 1 aromatic heterocycles. The van der Waals surface area contributed by atoms with E-state index in [4.69, 9.17) is 11.5 Å². The van der Waals surface area contributed by atoms with E-state index in [2.05, 4.69) is 33.6 Å². The molecule has 0 spiro atoms. The Morgan fingerprint density at radius 1 is 0.921 bits per heavy atom. The van der Waals surface area contributed by atoms with Gasteiger partial charge in [0.05, 0.1) is 12.5 Å². The third-order valence-corrected chi connectivity index (χ3v) is 5.96. The molecular formula is C23H30N6O8S. The number of benzene rings is 1. The Bertz CT molecular complexity index is 1200. The number of aromatic nitrogens is 1. The molecule has 38 heavy (non-hydrogen) atoms. The molecule has 1 heterocycles. The standard InChI is InChI=1S/C23H30N6O8S/c24-13(10-38)20(33)28-16(7-11-9-26-14-4-2-1-3-12(11)14)21(34)29-17(8-19(31)32)22(35)27-15(23(36)37)5-6-18(25)30/h1-4,9,13,15-17,26,38H,5-8,10,24H2,(H2,25,30)(H,27,35)(H,28,33)(H,29,34)(H,31,32)(H,36,37). The van der Waals surface area contributed by atoms with Crippen LogP contribution in [-0.2, 0) is 35.2 Å². The number of hydrogen-bond acceptors (Lipinski definition) is 8. The minimum atomic E-state index is -1.70. The summed E-state index contributed by atoms with van der Waals surface area (Å²) in [6.45, 7) is 0. The van der Waals surface area contributed by atoms with Gasteiger partial charge < -0.3 is 42.6 Å². The lowest BCUT2D eigenvalue weighted by Crippen LogP contribution is -2.58. The molecule has 206 valence electrons. The zero-order chi connectivity index (χ0) is 28.4. The monoisotopic (exact) mass is 550 g/mol. The van der Waals surface area contributed by atoms with E-state index in [0.717, 1.165) is 10.9 Å². The maximum Gasteiger partial charge on any atom is 0.326 e. The Kier molecular flexibility index (Phi) is 11.1. The lowest BCUT2D eigenvalue weighted by atomic mass is 10.0. The van der Waals surface area contributed by atoms with Crippen molar-refractivity contribution in [3.63, 3.8) is 0 Å². The van der Waals surface area contributed by atoms with Gasteiger partial charge in [0.25, 0.3) is 0 Å². The van der Waals surface area contributed by atoms with Gasteiger partial charge in [0.2, 0.25) is 23.6 Å². The van der Waals surface area contributed by atoms with E-state index < -0.39 is 66.2 Å². The molecule has 4 atom stereocenters. The first kappa shape index (κ1) is 30.1. The first-order valence-electron chi connectivity index (χ1n) is 11.5. The van der Waals surface area contributed by atoms with Crippen LogP contribution in [0.1, 0.15) is 24.8 Å². The van der Waals surface area contributed by atoms with Crippen LogP contribution in [0.5, 0.6) is 0 Å². The molecule has 0 radical (unpaired) electrons. The van der Waals surface area contributed by atoms with Gasteiger partial charge >= 0.3 is 11.9 Å². The van der Waals surface area contributed by atoms with E-state index in [0.29, 0.717) is 5.56 Å². The second-order valence-corrected chi connectivity index (χ2v) is 8.84. The van der Waals surface area contributed by atoms with Crippen molar-refractivity contribution in [2.24, 2.45) is 11.5 Å². The Balaban J connectivity index is 2.28. The minimum absolute atomic E-state index is 0.0147. The summed E-state index contributed by atoms with van der Waals surface area (Å²) >= 11 is 3.98. The van der Waals surface area contributed by atoms with Crippen molar-refractivity contribution in [2.45, 2.75) is 49.9 Å². The Labute approximate surface area is 222 Å². The first-order chi connectivity index (χ1) is 17.9. The first-order valence-corrected chi connectivity index (χ1v) is 12.1. The molecule has 15 heteroatoms. The second-order valence-electron chi connectivity index (χ2n) is 8.48. The summed E-state index contributed by atoms with van der Waals surface area (Å²) in [5.74, 6) is -6.46. The van der Waals surface area contributed by atoms with Crippen LogP contribution in [0, 0.1) is 0 Å². The van der Waals surface area contributed by atoms with Gasteiger partial charge in [-0.15, -0.1) is 0 Å². The van der Waals surface area contributed by atoms with Crippen LogP contribution in [0.25, 0.3) is 10.9 Å². The van der Waals surface area contributed by atoms with E-state index in [9.17, 15) is 39.0 Å². The van der Waals surface area contributed by atoms with Crippen LogP contribution in [0.15, 0.2) is 30.5 Å². The number of thiol groups is 1. The molecule has 10 N–H and O–H groups in total. The quantitative estimate of drug-likeness (QED) is 0.114. The normalized spacial score (nSPS) is 14.1. The fraction of sp³-hybridized carbons (Fsp3) is 0.391. The summed E-state index contributed by atoms with van der Waals surface area (Å²) in [5, 5.41) is 26.3. The SMILES string of the molecule is NC(=O)CCC(NC(=O)C(CC(=O)O)NC(=O)C(Cc1c[nH]c2ccccc12)NC(=O)C(N)CS)C(=O)O. The van der Waals surface area contributed by atoms with Gasteiger partial charge in [0, 0.05) is 35.7 Å². The molecule has 0 saturated heterocycles. The van der Waals surface area contributed by atoms with Crippen LogP contribution in [0.4, 0.5) is 0 Å². The molecule has 0 aliphatic heterocycles. The number of amides is 4. The van der Waals surface area contributed by atoms with Gasteiger partial charge in [-0.2, -0.15) is 12.6 Å². The fourth-order valence-corrected chi connectivity index (χ4v) is 3.73. The van der Waals surface area contributed by atoms with Crippen molar-refractivity contribution in [1.82, 2.24) is 20.9 Å². The summed E-state index contributed by atoms with van der Waals surface area (Å²) in [4.78, 5) is 75.4. The molecule has 4 unspecified atom stereocenters. The van der Waals surface area contributed by atoms with E-state index in [1.807, 2.05) is 12.1 Å². The van der Waals surface area contributed by atoms with Gasteiger partial charge in [-0.05, 0) is 18.1 Å². The molecular weight excluding hydrogens is 520 g/mol. The molecule has 0 aliphatic rings. The lowest BCUT2D eigenvalue weighted by molar-refractivity contribution is -0.143. The summed E-state index contributed by atoms with van der Waals surface area (Å²) in [6.07, 6.45) is 0.0257. The fourth-order valence-electron chi connectivity index (χ4n) is 3.56.